The fourth-order valence-electron chi connectivity index (χ4n) is 5.88. The van der Waals surface area contributed by atoms with Crippen LogP contribution in [-0.4, -0.2) is 28.9 Å². The Labute approximate surface area is 341 Å². The van der Waals surface area contributed by atoms with Gasteiger partial charge in [-0.1, -0.05) is 91.8 Å². The molecule has 0 aliphatic heterocycles. The number of hydrogen-bond donors (Lipinski definition) is 4. The maximum Gasteiger partial charge on any atom is 0.340 e. The van der Waals surface area contributed by atoms with Crippen LogP contribution in [0.2, 0.25) is 0 Å². The molecule has 306 valence electrons. The van der Waals surface area contributed by atoms with Crippen LogP contribution in [0, 0.1) is 0 Å². The molecule has 4 amide bonds. The van der Waals surface area contributed by atoms with E-state index in [1.807, 2.05) is 24.3 Å². The van der Waals surface area contributed by atoms with E-state index in [0.717, 1.165) is 34.4 Å². The van der Waals surface area contributed by atoms with E-state index in [-0.39, 0.29) is 46.5 Å². The second-order valence-electron chi connectivity index (χ2n) is 15.1. The predicted octanol–water partition coefficient (Wildman–Crippen LogP) is 11.0. The Bertz CT molecular complexity index is 2290. The SMILES string of the molecule is CC(C)c1cc(NC(=O)Nc2cccc(OS(=O)(=O)c3ccccc3S(=O)(=O)Oc3cccc(NC(=O)Nc4cc(C(C)C)cc(C(C)C)c4)c3)c2)cc(C(C)C)c1. The molecule has 0 heterocycles. The zero-order valence-electron chi connectivity index (χ0n) is 33.8. The predicted molar refractivity (Wildman–Crippen MR) is 229 cm³/mol. The third-order valence-corrected chi connectivity index (χ3v) is 11.9. The maximum absolute atomic E-state index is 13.6. The molecule has 5 aromatic rings. The van der Waals surface area contributed by atoms with Crippen LogP contribution in [0.25, 0.3) is 0 Å². The molecule has 4 N–H and O–H groups in total. The van der Waals surface area contributed by atoms with E-state index in [2.05, 4.69) is 88.8 Å². The third-order valence-electron chi connectivity index (χ3n) is 9.12. The van der Waals surface area contributed by atoms with Gasteiger partial charge in [0.2, 0.25) is 0 Å². The van der Waals surface area contributed by atoms with Crippen LogP contribution in [0.4, 0.5) is 32.3 Å². The number of amides is 4. The first kappa shape index (κ1) is 43.3. The summed E-state index contributed by atoms with van der Waals surface area (Å²) in [5.41, 5.74) is 5.97. The summed E-state index contributed by atoms with van der Waals surface area (Å²) < 4.78 is 65.2. The highest BCUT2D eigenvalue weighted by Crippen LogP contribution is 2.31. The minimum absolute atomic E-state index is 0.178. The third kappa shape index (κ3) is 11.4. The van der Waals surface area contributed by atoms with Gasteiger partial charge in [0.05, 0.1) is 0 Å². The fraction of sp³-hybridized carbons (Fsp3) is 0.273. The van der Waals surface area contributed by atoms with Gasteiger partial charge in [-0.15, -0.1) is 0 Å². The van der Waals surface area contributed by atoms with Gasteiger partial charge in [-0.25, -0.2) is 9.59 Å². The summed E-state index contributed by atoms with van der Waals surface area (Å²) in [6.07, 6.45) is 0. The fourth-order valence-corrected chi connectivity index (χ4v) is 8.50. The number of benzene rings is 5. The summed E-state index contributed by atoms with van der Waals surface area (Å²) in [5, 5.41) is 11.0. The summed E-state index contributed by atoms with van der Waals surface area (Å²) in [6, 6.07) is 27.0. The molecule has 0 atom stereocenters. The van der Waals surface area contributed by atoms with E-state index in [4.69, 9.17) is 8.37 Å². The molecule has 12 nitrogen and oxygen atoms in total. The monoisotopic (exact) mass is 826 g/mol. The van der Waals surface area contributed by atoms with Gasteiger partial charge in [-0.3, -0.25) is 0 Å². The zero-order valence-corrected chi connectivity index (χ0v) is 35.4. The lowest BCUT2D eigenvalue weighted by Gasteiger charge is -2.16. The molecular formula is C44H50N4O8S2. The van der Waals surface area contributed by atoms with Crippen LogP contribution in [0.3, 0.4) is 0 Å². The lowest BCUT2D eigenvalue weighted by Crippen LogP contribution is -2.20. The Kier molecular flexibility index (Phi) is 13.5. The molecule has 0 aliphatic rings. The van der Waals surface area contributed by atoms with Crippen molar-refractivity contribution in [2.75, 3.05) is 21.3 Å². The number of nitrogens with one attached hydrogen (secondary N) is 4. The van der Waals surface area contributed by atoms with E-state index in [9.17, 15) is 26.4 Å². The molecule has 14 heteroatoms. The first-order chi connectivity index (χ1) is 27.3. The number of anilines is 4. The highest BCUT2D eigenvalue weighted by Gasteiger charge is 2.30. The number of urea groups is 2. The van der Waals surface area contributed by atoms with Crippen LogP contribution in [-0.2, 0) is 20.2 Å². The molecule has 0 saturated heterocycles. The molecule has 5 rings (SSSR count). The normalized spacial score (nSPS) is 11.8. The average Bonchev–Trinajstić information content (AvgIpc) is 3.14. The van der Waals surface area contributed by atoms with Crippen molar-refractivity contribution in [2.45, 2.75) is 88.9 Å². The Morgan fingerprint density at radius 3 is 1.03 bits per heavy atom. The van der Waals surface area contributed by atoms with Gasteiger partial charge >= 0.3 is 32.3 Å². The van der Waals surface area contributed by atoms with Crippen LogP contribution in [0.1, 0.15) is 101 Å². The van der Waals surface area contributed by atoms with E-state index in [0.29, 0.717) is 11.4 Å². The van der Waals surface area contributed by atoms with Gasteiger partial charge in [-0.2, -0.15) is 16.8 Å². The largest absolute Gasteiger partial charge is 0.379 e. The molecule has 0 fully saturated rings. The van der Waals surface area contributed by atoms with Crippen molar-refractivity contribution in [1.29, 1.82) is 0 Å². The number of hydrogen-bond acceptors (Lipinski definition) is 8. The Balaban J connectivity index is 1.28. The molecule has 58 heavy (non-hydrogen) atoms. The standard InChI is InChI=1S/C44H50N4O8S2/c1-27(2)31-19-32(28(3)4)22-37(21-31)47-43(49)45-35-13-11-15-39(25-35)55-57(51,52)41-17-9-10-18-42(41)58(53,54)56-40-16-12-14-36(26-40)46-44(50)48-38-23-33(29(5)6)20-34(24-38)30(7)8/h9-30H,1-8H3,(H2,45,47,49)(H2,46,48,50). The first-order valence-electron chi connectivity index (χ1n) is 18.9. The molecule has 0 saturated carbocycles. The highest BCUT2D eigenvalue weighted by atomic mass is 32.2. The van der Waals surface area contributed by atoms with Gasteiger partial charge < -0.3 is 29.6 Å². The Morgan fingerprint density at radius 1 is 0.414 bits per heavy atom. The maximum atomic E-state index is 13.6. The molecule has 0 radical (unpaired) electrons. The van der Waals surface area contributed by atoms with Crippen LogP contribution >= 0.6 is 0 Å². The first-order valence-corrected chi connectivity index (χ1v) is 21.7. The summed E-state index contributed by atoms with van der Waals surface area (Å²) in [5.74, 6) is 0.628. The average molecular weight is 827 g/mol. The van der Waals surface area contributed by atoms with E-state index >= 15 is 0 Å². The van der Waals surface area contributed by atoms with Crippen LogP contribution < -0.4 is 29.6 Å². The van der Waals surface area contributed by atoms with Crippen molar-refractivity contribution in [3.8, 4) is 11.5 Å². The van der Waals surface area contributed by atoms with Crippen molar-refractivity contribution < 1.29 is 34.8 Å². The van der Waals surface area contributed by atoms with Crippen molar-refractivity contribution in [3.05, 3.63) is 131 Å². The molecular weight excluding hydrogens is 777 g/mol. The zero-order chi connectivity index (χ0) is 42.4. The van der Waals surface area contributed by atoms with Gasteiger partial charge in [0.15, 0.2) is 0 Å². The number of rotatable bonds is 14. The number of carbonyl (C=O) groups is 2. The van der Waals surface area contributed by atoms with Gasteiger partial charge in [0.1, 0.15) is 21.3 Å². The summed E-state index contributed by atoms with van der Waals surface area (Å²) in [4.78, 5) is 24.6. The molecule has 0 bridgehead atoms. The molecule has 5 aromatic carbocycles. The lowest BCUT2D eigenvalue weighted by molar-refractivity contribution is 0.261. The van der Waals surface area contributed by atoms with Crippen molar-refractivity contribution in [3.63, 3.8) is 0 Å². The van der Waals surface area contributed by atoms with E-state index < -0.39 is 42.1 Å². The summed E-state index contributed by atoms with van der Waals surface area (Å²) >= 11 is 0. The van der Waals surface area contributed by atoms with Crippen molar-refractivity contribution in [2.24, 2.45) is 0 Å². The second-order valence-corrected chi connectivity index (χ2v) is 18.2. The number of carbonyl (C=O) groups excluding carboxylic acids is 2. The highest BCUT2D eigenvalue weighted by molar-refractivity contribution is 7.90. The molecule has 0 aliphatic carbocycles. The van der Waals surface area contributed by atoms with Gasteiger partial charge in [0, 0.05) is 34.9 Å². The topological polar surface area (TPSA) is 169 Å². The van der Waals surface area contributed by atoms with E-state index in [1.165, 1.54) is 48.5 Å². The van der Waals surface area contributed by atoms with Gasteiger partial charge in [0.25, 0.3) is 0 Å². The molecule has 0 spiro atoms. The molecule has 0 unspecified atom stereocenters. The van der Waals surface area contributed by atoms with Crippen molar-refractivity contribution >= 4 is 55.0 Å². The smallest absolute Gasteiger partial charge is 0.340 e. The van der Waals surface area contributed by atoms with Crippen LogP contribution in [0.15, 0.2) is 119 Å². The minimum Gasteiger partial charge on any atom is -0.379 e. The second kappa shape index (κ2) is 18.2. The Hall–Kier alpha value is -5.86. The Morgan fingerprint density at radius 2 is 0.724 bits per heavy atom. The van der Waals surface area contributed by atoms with Crippen LogP contribution in [0.5, 0.6) is 11.5 Å². The van der Waals surface area contributed by atoms with Gasteiger partial charge in [-0.05, 0) is 107 Å². The molecule has 0 aromatic heterocycles. The summed E-state index contributed by atoms with van der Waals surface area (Å²) in [7, 11) is -9.53. The summed E-state index contributed by atoms with van der Waals surface area (Å²) in [6.45, 7) is 16.6. The van der Waals surface area contributed by atoms with E-state index in [1.54, 1.807) is 12.1 Å². The van der Waals surface area contributed by atoms with Crippen molar-refractivity contribution in [1.82, 2.24) is 0 Å². The lowest BCUT2D eigenvalue weighted by atomic mass is 9.95. The quantitative estimate of drug-likeness (QED) is 0.0802. The minimum atomic E-state index is -4.76.